The molecule has 2 aliphatic rings. The van der Waals surface area contributed by atoms with Crippen LogP contribution in [0.1, 0.15) is 18.9 Å². The minimum atomic E-state index is -0.976. The monoisotopic (exact) mass is 339 g/mol. The number of carbonyl (C=O) groups is 2. The molecule has 4 atom stereocenters. The maximum absolute atomic E-state index is 13.6. The molecule has 1 aromatic carbocycles. The molecule has 8 heteroatoms. The van der Waals surface area contributed by atoms with Gasteiger partial charge in [-0.2, -0.15) is 0 Å². The molecule has 2 aliphatic heterocycles. The van der Waals surface area contributed by atoms with Crippen molar-refractivity contribution in [1.29, 1.82) is 0 Å². The lowest BCUT2D eigenvalue weighted by molar-refractivity contribution is -0.149. The highest BCUT2D eigenvalue weighted by Gasteiger charge is 2.47. The second-order valence-electron chi connectivity index (χ2n) is 6.28. The summed E-state index contributed by atoms with van der Waals surface area (Å²) in [6.07, 6.45) is -0.586. The van der Waals surface area contributed by atoms with Crippen LogP contribution in [0.2, 0.25) is 0 Å². The molecule has 1 aromatic rings. The number of hydrogen-bond donors (Lipinski definition) is 3. The molecule has 0 spiro atoms. The van der Waals surface area contributed by atoms with Crippen LogP contribution in [-0.4, -0.2) is 52.6 Å². The quantitative estimate of drug-likeness (QED) is 0.716. The highest BCUT2D eigenvalue weighted by molar-refractivity contribution is 5.97. The first-order valence-corrected chi connectivity index (χ1v) is 7.83. The first kappa shape index (κ1) is 16.8. The van der Waals surface area contributed by atoms with Gasteiger partial charge >= 0.3 is 0 Å². The largest absolute Gasteiger partial charge is 0.391 e. The number of benzene rings is 1. The molecule has 2 saturated heterocycles. The summed E-state index contributed by atoms with van der Waals surface area (Å²) in [7, 11) is 0. The van der Waals surface area contributed by atoms with E-state index in [-0.39, 0.29) is 36.5 Å². The topological polar surface area (TPSA) is 81.7 Å². The first-order chi connectivity index (χ1) is 11.4. The van der Waals surface area contributed by atoms with Gasteiger partial charge in [-0.1, -0.05) is 0 Å². The van der Waals surface area contributed by atoms with Crippen molar-refractivity contribution in [2.75, 3.05) is 6.54 Å². The standard InChI is InChI=1S/C16H19F2N3O3/c1-8(22)14-16(24)21-7-11(5-13(21)15(23)20-14)19-6-9-4-10(17)2-3-12(9)18/h2-4,8,11,13-14,19,22H,5-7H2,1H3,(H,20,23)/t8-,11+,13+,14+/m1/s1. The van der Waals surface area contributed by atoms with Gasteiger partial charge in [0.15, 0.2) is 0 Å². The maximum Gasteiger partial charge on any atom is 0.248 e. The van der Waals surface area contributed by atoms with Crippen molar-refractivity contribution in [3.8, 4) is 0 Å². The third-order valence-electron chi connectivity index (χ3n) is 4.52. The van der Waals surface area contributed by atoms with Crippen LogP contribution in [0.3, 0.4) is 0 Å². The van der Waals surface area contributed by atoms with Gasteiger partial charge in [-0.3, -0.25) is 9.59 Å². The van der Waals surface area contributed by atoms with Crippen LogP contribution in [-0.2, 0) is 16.1 Å². The molecule has 0 radical (unpaired) electrons. The van der Waals surface area contributed by atoms with E-state index in [4.69, 9.17) is 0 Å². The third-order valence-corrected chi connectivity index (χ3v) is 4.52. The third kappa shape index (κ3) is 3.11. The van der Waals surface area contributed by atoms with Gasteiger partial charge in [0.05, 0.1) is 6.10 Å². The van der Waals surface area contributed by atoms with E-state index in [1.807, 2.05) is 0 Å². The number of piperazine rings is 1. The first-order valence-electron chi connectivity index (χ1n) is 7.83. The lowest BCUT2D eigenvalue weighted by Crippen LogP contribution is -2.64. The summed E-state index contributed by atoms with van der Waals surface area (Å²) in [5, 5.41) is 15.2. The van der Waals surface area contributed by atoms with Crippen molar-refractivity contribution < 1.29 is 23.5 Å². The molecule has 0 aliphatic carbocycles. The fourth-order valence-corrected chi connectivity index (χ4v) is 3.23. The van der Waals surface area contributed by atoms with E-state index in [0.717, 1.165) is 18.2 Å². The van der Waals surface area contributed by atoms with Crippen LogP contribution >= 0.6 is 0 Å². The Balaban J connectivity index is 1.65. The van der Waals surface area contributed by atoms with Gasteiger partial charge in [0.2, 0.25) is 11.8 Å². The zero-order valence-electron chi connectivity index (χ0n) is 13.1. The van der Waals surface area contributed by atoms with Crippen molar-refractivity contribution in [3.63, 3.8) is 0 Å². The summed E-state index contributed by atoms with van der Waals surface area (Å²) in [5.74, 6) is -1.66. The molecule has 0 saturated carbocycles. The van der Waals surface area contributed by atoms with Gasteiger partial charge in [-0.05, 0) is 31.5 Å². The molecule has 0 bridgehead atoms. The number of rotatable bonds is 4. The number of halogens is 2. The second kappa shape index (κ2) is 6.45. The van der Waals surface area contributed by atoms with E-state index < -0.39 is 29.8 Å². The SMILES string of the molecule is C[C@@H](O)[C@@H]1NC(=O)[C@@H]2C[C@H](NCc3cc(F)ccc3F)CN2C1=O. The molecule has 2 heterocycles. The van der Waals surface area contributed by atoms with E-state index in [9.17, 15) is 23.5 Å². The van der Waals surface area contributed by atoms with E-state index in [2.05, 4.69) is 10.6 Å². The molecular weight excluding hydrogens is 320 g/mol. The lowest BCUT2D eigenvalue weighted by atomic mass is 10.0. The molecule has 6 nitrogen and oxygen atoms in total. The Bertz CT molecular complexity index is 668. The van der Waals surface area contributed by atoms with Gasteiger partial charge in [0, 0.05) is 24.7 Å². The van der Waals surface area contributed by atoms with Crippen LogP contribution in [0.25, 0.3) is 0 Å². The van der Waals surface area contributed by atoms with Gasteiger partial charge in [-0.25, -0.2) is 8.78 Å². The maximum atomic E-state index is 13.6. The zero-order chi connectivity index (χ0) is 17.4. The molecular formula is C16H19F2N3O3. The summed E-state index contributed by atoms with van der Waals surface area (Å²) in [6, 6.07) is 1.49. The van der Waals surface area contributed by atoms with Crippen LogP contribution in [0.15, 0.2) is 18.2 Å². The van der Waals surface area contributed by atoms with E-state index >= 15 is 0 Å². The minimum absolute atomic E-state index is 0.102. The highest BCUT2D eigenvalue weighted by Crippen LogP contribution is 2.24. The smallest absolute Gasteiger partial charge is 0.248 e. The van der Waals surface area contributed by atoms with Gasteiger partial charge in [0.1, 0.15) is 23.7 Å². The Kier molecular flexibility index (Phi) is 4.51. The molecule has 130 valence electrons. The number of fused-ring (bicyclic) bond motifs is 1. The van der Waals surface area contributed by atoms with E-state index in [1.165, 1.54) is 11.8 Å². The fraction of sp³-hybridized carbons (Fsp3) is 0.500. The van der Waals surface area contributed by atoms with Crippen molar-refractivity contribution in [1.82, 2.24) is 15.5 Å². The molecule has 3 rings (SSSR count). The van der Waals surface area contributed by atoms with E-state index in [0.29, 0.717) is 6.42 Å². The zero-order valence-corrected chi connectivity index (χ0v) is 13.1. The number of hydrogen-bond acceptors (Lipinski definition) is 4. The second-order valence-corrected chi connectivity index (χ2v) is 6.28. The van der Waals surface area contributed by atoms with Crippen molar-refractivity contribution in [3.05, 3.63) is 35.4 Å². The average molecular weight is 339 g/mol. The van der Waals surface area contributed by atoms with Crippen molar-refractivity contribution >= 4 is 11.8 Å². The number of carbonyl (C=O) groups excluding carboxylic acids is 2. The van der Waals surface area contributed by atoms with Crippen LogP contribution in [0.4, 0.5) is 8.78 Å². The summed E-state index contributed by atoms with van der Waals surface area (Å²) >= 11 is 0. The Labute approximate surface area is 137 Å². The number of amides is 2. The molecule has 2 fully saturated rings. The molecule has 3 N–H and O–H groups in total. The summed E-state index contributed by atoms with van der Waals surface area (Å²) < 4.78 is 26.8. The Morgan fingerprint density at radius 1 is 1.42 bits per heavy atom. The Hall–Kier alpha value is -2.06. The van der Waals surface area contributed by atoms with Crippen LogP contribution in [0, 0.1) is 11.6 Å². The van der Waals surface area contributed by atoms with Crippen LogP contribution in [0.5, 0.6) is 0 Å². The summed E-state index contributed by atoms with van der Waals surface area (Å²) in [5.41, 5.74) is 0.192. The predicted molar refractivity (Wildman–Crippen MR) is 80.7 cm³/mol. The average Bonchev–Trinajstić information content (AvgIpc) is 2.96. The van der Waals surface area contributed by atoms with Gasteiger partial charge < -0.3 is 20.6 Å². The van der Waals surface area contributed by atoms with Crippen molar-refractivity contribution in [2.45, 2.75) is 44.1 Å². The van der Waals surface area contributed by atoms with Gasteiger partial charge in [0.25, 0.3) is 0 Å². The highest BCUT2D eigenvalue weighted by atomic mass is 19.1. The summed E-state index contributed by atoms with van der Waals surface area (Å²) in [4.78, 5) is 25.9. The van der Waals surface area contributed by atoms with Gasteiger partial charge in [-0.15, -0.1) is 0 Å². The number of nitrogens with one attached hydrogen (secondary N) is 2. The summed E-state index contributed by atoms with van der Waals surface area (Å²) in [6.45, 7) is 1.84. The number of aliphatic hydroxyl groups excluding tert-OH is 1. The molecule has 2 amide bonds. The van der Waals surface area contributed by atoms with Crippen LogP contribution < -0.4 is 10.6 Å². The Morgan fingerprint density at radius 2 is 2.17 bits per heavy atom. The normalized spacial score (nSPS) is 27.8. The molecule has 0 unspecified atom stereocenters. The molecule has 24 heavy (non-hydrogen) atoms. The fourth-order valence-electron chi connectivity index (χ4n) is 3.23. The minimum Gasteiger partial charge on any atom is -0.391 e. The lowest BCUT2D eigenvalue weighted by Gasteiger charge is -2.35. The Morgan fingerprint density at radius 3 is 2.88 bits per heavy atom. The van der Waals surface area contributed by atoms with E-state index in [1.54, 1.807) is 0 Å². The predicted octanol–water partition coefficient (Wildman–Crippen LogP) is -0.0969. The molecule has 0 aromatic heterocycles. The number of nitrogens with zero attached hydrogens (tertiary/aromatic N) is 1. The number of aliphatic hydroxyl groups is 1. The van der Waals surface area contributed by atoms with Crippen molar-refractivity contribution in [2.24, 2.45) is 0 Å².